The molecular formula is C115H160O20. The number of rotatable bonds is 76. The van der Waals surface area contributed by atoms with Crippen molar-refractivity contribution in [3.8, 4) is 67.1 Å². The van der Waals surface area contributed by atoms with Crippen LogP contribution >= 0.6 is 0 Å². The lowest BCUT2D eigenvalue weighted by Gasteiger charge is -2.36. The van der Waals surface area contributed by atoms with E-state index < -0.39 is 11.4 Å². The highest BCUT2D eigenvalue weighted by molar-refractivity contribution is 5.97. The number of methoxy groups -OCH3 is 3. The number of unbranched alkanes of at least 4 members (excludes halogenated alkanes) is 20. The number of ether oxygens (including phenoxy) is 16. The van der Waals surface area contributed by atoms with Crippen LogP contribution in [0.1, 0.15) is 280 Å². The molecule has 0 atom stereocenters. The zero-order chi connectivity index (χ0) is 94.8. The first-order chi connectivity index (χ1) is 66.6. The lowest BCUT2D eigenvalue weighted by Crippen LogP contribution is -2.30. The molecule has 20 nitrogen and oxygen atoms in total. The number of benzene rings is 8. The van der Waals surface area contributed by atoms with Crippen LogP contribution in [0.25, 0.3) is 55.6 Å². The van der Waals surface area contributed by atoms with E-state index in [9.17, 15) is 15.0 Å². The van der Waals surface area contributed by atoms with Crippen molar-refractivity contribution in [3.63, 3.8) is 0 Å². The second-order valence-electron chi connectivity index (χ2n) is 36.3. The van der Waals surface area contributed by atoms with Gasteiger partial charge in [0.15, 0.2) is 11.5 Å². The summed E-state index contributed by atoms with van der Waals surface area (Å²) in [6, 6.07) is 55.4. The van der Waals surface area contributed by atoms with Crippen molar-refractivity contribution in [2.45, 2.75) is 244 Å². The molecule has 0 fully saturated rings. The molecule has 0 saturated carbocycles. The molecule has 2 N–H and O–H groups in total. The van der Waals surface area contributed by atoms with Gasteiger partial charge in [-0.1, -0.05) is 291 Å². The zero-order valence-electron chi connectivity index (χ0n) is 82.6. The summed E-state index contributed by atoms with van der Waals surface area (Å²) in [5.74, 6) is -0.247. The highest BCUT2D eigenvalue weighted by Crippen LogP contribution is 2.62. The summed E-state index contributed by atoms with van der Waals surface area (Å²) in [6.45, 7) is 15.3. The molecule has 0 heterocycles. The predicted octanol–water partition coefficient (Wildman–Crippen LogP) is 23.8. The van der Waals surface area contributed by atoms with Gasteiger partial charge < -0.3 is 86.0 Å². The molecule has 3 aliphatic carbocycles. The molecule has 740 valence electrons. The van der Waals surface area contributed by atoms with E-state index in [2.05, 4.69) is 161 Å². The topological polar surface area (TPSA) is 222 Å². The van der Waals surface area contributed by atoms with E-state index in [1.165, 1.54) is 180 Å². The number of esters is 1. The number of fused-ring (bicyclic) bond motifs is 9. The standard InChI is InChI=1S/C115H158O20.H2/c1-8-12-16-20-24-32-48-113(49-33-25-21-17-13-9-2)104-38-30-28-36-96(104)98-44-40-88(78-106(98)113)90-42-46-100-101-47-43-91(89-41-45-99-97-37-29-31-39-105(97)114(107(99)79-89,50-34-26-22-18-14-10-3)51-35-27-23-19-15-11-4)81-109(101)115(108(100)80-90,94-76-92(84-131-70-68-127-62-60-123-54-52-116)103(93(77-94)85-133-87-118)86-132-71-69-128-63-61-124-55-53-117)95-82-102(112(119)122-7)111(135-75-73-130-67-65-126-59-57-121-6)110(83-95)134-74-72-129-66-64-125-58-56-120-5;/h28-31,36-47,76-83,87,116-117H,8-27,32-35,48-75,84-86H2,1-7H3;1H/i;1+2. The van der Waals surface area contributed by atoms with Gasteiger partial charge in [-0.3, -0.25) is 4.79 Å². The Hall–Kier alpha value is -8.26. The van der Waals surface area contributed by atoms with Gasteiger partial charge in [-0.15, -0.1) is 0 Å². The van der Waals surface area contributed by atoms with Crippen LogP contribution in [-0.4, -0.2) is 203 Å². The normalized spacial score (nSPS) is 13.4. The fourth-order valence-corrected chi connectivity index (χ4v) is 20.5. The molecule has 135 heavy (non-hydrogen) atoms. The molecule has 8 aromatic rings. The fourth-order valence-electron chi connectivity index (χ4n) is 20.5. The Bertz CT molecular complexity index is 4580. The molecule has 0 amide bonds. The van der Waals surface area contributed by atoms with Gasteiger partial charge in [0, 0.05) is 26.5 Å². The lowest BCUT2D eigenvalue weighted by atomic mass is 9.65. The predicted molar refractivity (Wildman–Crippen MR) is 538 cm³/mol. The molecule has 0 unspecified atom stereocenters. The van der Waals surface area contributed by atoms with Gasteiger partial charge in [0.25, 0.3) is 6.47 Å². The molecule has 0 aromatic heterocycles. The molecular weight excluding hydrogens is 1700 g/mol. The Labute approximate surface area is 807 Å². The largest absolute Gasteiger partial charge is 0.487 e. The summed E-state index contributed by atoms with van der Waals surface area (Å²) in [7, 11) is 4.67. The number of aliphatic hydroxyl groups excluding tert-OH is 2. The Balaban J connectivity index is 0.0000191. The molecule has 3 aliphatic rings. The second kappa shape index (κ2) is 59.9. The average Bonchev–Trinajstić information content (AvgIpc) is 1.52. The van der Waals surface area contributed by atoms with Crippen molar-refractivity contribution in [3.05, 3.63) is 212 Å². The van der Waals surface area contributed by atoms with Gasteiger partial charge in [-0.05, 0) is 179 Å². The summed E-state index contributed by atoms with van der Waals surface area (Å²) >= 11 is 0. The minimum absolute atomic E-state index is 0. The smallest absolute Gasteiger partial charge is 0.341 e. The maximum atomic E-state index is 15.7. The van der Waals surface area contributed by atoms with Crippen molar-refractivity contribution in [2.24, 2.45) is 0 Å². The molecule has 0 radical (unpaired) electrons. The van der Waals surface area contributed by atoms with Crippen molar-refractivity contribution in [2.75, 3.05) is 180 Å². The van der Waals surface area contributed by atoms with Gasteiger partial charge in [-0.25, -0.2) is 4.79 Å². The number of carbonyl (C=O) groups is 2. The molecule has 0 spiro atoms. The van der Waals surface area contributed by atoms with Crippen molar-refractivity contribution >= 4 is 12.4 Å². The third-order valence-electron chi connectivity index (χ3n) is 27.3. The van der Waals surface area contributed by atoms with Crippen LogP contribution in [0.15, 0.2) is 146 Å². The summed E-state index contributed by atoms with van der Waals surface area (Å²) < 4.78 is 97.4. The SMILES string of the molecule is CCCCCCCCC1(CCCCCCCC)c2ccccc2-c2ccc(-c3ccc4c(c3)C(c3cc(COC=O)c(COCCOCCOCCO)c(COCCOCCOCCO)c3)(c3cc(OCCOCCOCCOC)c(OCCOCCOCCOC)c(C(=O)OC)c3)c3cc(-c5ccc6c(c5)C(CCCCCCCC)(CCCCCCCC)c5ccccc5-6)ccc3-4)cc21.[3HH]. The zero-order valence-corrected chi connectivity index (χ0v) is 82.6. The van der Waals surface area contributed by atoms with Crippen molar-refractivity contribution in [1.29, 1.82) is 0 Å². The highest BCUT2D eigenvalue weighted by atomic mass is 16.6. The molecule has 0 aliphatic heterocycles. The third-order valence-corrected chi connectivity index (χ3v) is 27.3. The van der Waals surface area contributed by atoms with Gasteiger partial charge in [0.1, 0.15) is 25.4 Å². The van der Waals surface area contributed by atoms with Crippen LogP contribution in [-0.2, 0) is 107 Å². The first kappa shape index (κ1) is 107. The molecule has 0 bridgehead atoms. The Morgan fingerprint density at radius 1 is 0.319 bits per heavy atom. The summed E-state index contributed by atoms with van der Waals surface area (Å²) in [5.41, 5.74) is 20.6. The highest BCUT2D eigenvalue weighted by Gasteiger charge is 2.50. The van der Waals surface area contributed by atoms with Crippen molar-refractivity contribution < 1.29 is 97.0 Å². The van der Waals surface area contributed by atoms with Crippen LogP contribution in [0, 0.1) is 0 Å². The maximum absolute atomic E-state index is 15.7. The van der Waals surface area contributed by atoms with E-state index in [-0.39, 0.29) is 142 Å². The number of carbonyl (C=O) groups excluding carboxylic acids is 2. The van der Waals surface area contributed by atoms with Gasteiger partial charge in [-0.2, -0.15) is 0 Å². The van der Waals surface area contributed by atoms with E-state index in [4.69, 9.17) is 75.8 Å². The van der Waals surface area contributed by atoms with E-state index in [0.29, 0.717) is 83.7 Å². The third kappa shape index (κ3) is 29.4. The van der Waals surface area contributed by atoms with Crippen LogP contribution < -0.4 is 9.47 Å². The number of hydrogen-bond donors (Lipinski definition) is 2. The van der Waals surface area contributed by atoms with Gasteiger partial charge in [0.2, 0.25) is 0 Å². The van der Waals surface area contributed by atoms with Crippen molar-refractivity contribution in [1.82, 2.24) is 0 Å². The van der Waals surface area contributed by atoms with Crippen LogP contribution in [0.3, 0.4) is 0 Å². The maximum Gasteiger partial charge on any atom is 0.341 e. The number of aliphatic hydroxyl groups is 2. The van der Waals surface area contributed by atoms with E-state index in [0.717, 1.165) is 113 Å². The Morgan fingerprint density at radius 2 is 0.644 bits per heavy atom. The monoisotopic (exact) mass is 1860 g/mol. The van der Waals surface area contributed by atoms with E-state index in [1.807, 2.05) is 12.1 Å². The van der Waals surface area contributed by atoms with Crippen LogP contribution in [0.2, 0.25) is 0 Å². The fraction of sp³-hybridized carbons (Fsp3) is 0.565. The minimum atomic E-state index is -1.44. The van der Waals surface area contributed by atoms with Gasteiger partial charge in [0.05, 0.1) is 171 Å². The quantitative estimate of drug-likeness (QED) is 0.0205. The number of hydrogen-bond acceptors (Lipinski definition) is 20. The van der Waals surface area contributed by atoms with Gasteiger partial charge >= 0.3 is 5.97 Å². The first-order valence-electron chi connectivity index (χ1n) is 51.1. The van der Waals surface area contributed by atoms with E-state index in [1.54, 1.807) is 14.2 Å². The minimum Gasteiger partial charge on any atom is -0.487 e. The summed E-state index contributed by atoms with van der Waals surface area (Å²) in [4.78, 5) is 28.8. The van der Waals surface area contributed by atoms with Crippen LogP contribution in [0.4, 0.5) is 0 Å². The summed E-state index contributed by atoms with van der Waals surface area (Å²) in [5, 5.41) is 18.9. The molecule has 11 rings (SSSR count). The average molecular weight is 1860 g/mol. The molecule has 20 heteroatoms. The Morgan fingerprint density at radius 3 is 1.04 bits per heavy atom. The second-order valence-corrected chi connectivity index (χ2v) is 36.3. The lowest BCUT2D eigenvalue weighted by molar-refractivity contribution is -0.129. The van der Waals surface area contributed by atoms with Crippen LogP contribution in [0.5, 0.6) is 11.5 Å². The summed E-state index contributed by atoms with van der Waals surface area (Å²) in [6.07, 6.45) is 33.1. The molecule has 8 aromatic carbocycles. The Kier molecular flexibility index (Phi) is 47.5. The van der Waals surface area contributed by atoms with E-state index >= 15 is 4.79 Å². The first-order valence-corrected chi connectivity index (χ1v) is 51.1. The molecule has 0 saturated heterocycles.